The van der Waals surface area contributed by atoms with Gasteiger partial charge < -0.3 is 10.5 Å². The first kappa shape index (κ1) is 19.5. The summed E-state index contributed by atoms with van der Waals surface area (Å²) >= 11 is 6.28. The SMILES string of the molecule is Cc1ccc(Cn2nc(C)c(C(=O)O[C@@H](C)C(=O)NC(N)=O)c2Cl)cc1. The van der Waals surface area contributed by atoms with Crippen LogP contribution in [0.15, 0.2) is 24.3 Å². The summed E-state index contributed by atoms with van der Waals surface area (Å²) in [5, 5.41) is 6.21. The fraction of sp³-hybridized carbons (Fsp3) is 0.294. The number of hydrogen-bond acceptors (Lipinski definition) is 5. The Hall–Kier alpha value is -2.87. The first-order chi connectivity index (χ1) is 12.2. The Bertz CT molecular complexity index is 845. The number of carbonyl (C=O) groups is 3. The van der Waals surface area contributed by atoms with Crippen LogP contribution in [0.4, 0.5) is 4.79 Å². The van der Waals surface area contributed by atoms with Crippen molar-refractivity contribution in [1.29, 1.82) is 0 Å². The van der Waals surface area contributed by atoms with Crippen molar-refractivity contribution in [3.05, 3.63) is 51.8 Å². The van der Waals surface area contributed by atoms with E-state index < -0.39 is 24.0 Å². The summed E-state index contributed by atoms with van der Waals surface area (Å²) in [5.74, 6) is -1.64. The van der Waals surface area contributed by atoms with Crippen molar-refractivity contribution in [2.75, 3.05) is 0 Å². The van der Waals surface area contributed by atoms with Crippen LogP contribution in [0.2, 0.25) is 5.15 Å². The molecule has 2 aromatic rings. The lowest BCUT2D eigenvalue weighted by atomic mass is 10.1. The number of ether oxygens (including phenoxy) is 1. The molecule has 8 nitrogen and oxygen atoms in total. The average molecular weight is 379 g/mol. The quantitative estimate of drug-likeness (QED) is 0.771. The number of nitrogens with one attached hydrogen (secondary N) is 1. The van der Waals surface area contributed by atoms with E-state index in [1.165, 1.54) is 11.6 Å². The van der Waals surface area contributed by atoms with Gasteiger partial charge in [-0.25, -0.2) is 14.3 Å². The maximum absolute atomic E-state index is 12.3. The molecule has 0 saturated carbocycles. The first-order valence-corrected chi connectivity index (χ1v) is 8.16. The molecule has 2 rings (SSSR count). The van der Waals surface area contributed by atoms with Crippen LogP contribution in [0.3, 0.4) is 0 Å². The van der Waals surface area contributed by atoms with Gasteiger partial charge in [-0.05, 0) is 26.3 Å². The van der Waals surface area contributed by atoms with Crippen LogP contribution in [-0.4, -0.2) is 33.8 Å². The van der Waals surface area contributed by atoms with Crippen LogP contribution in [-0.2, 0) is 16.1 Å². The zero-order chi connectivity index (χ0) is 19.4. The van der Waals surface area contributed by atoms with Gasteiger partial charge in [0.1, 0.15) is 10.7 Å². The lowest BCUT2D eigenvalue weighted by Crippen LogP contribution is -2.42. The topological polar surface area (TPSA) is 116 Å². The predicted octanol–water partition coefficient (Wildman–Crippen LogP) is 1.94. The molecule has 1 aromatic heterocycles. The van der Waals surface area contributed by atoms with Crippen molar-refractivity contribution in [2.24, 2.45) is 5.73 Å². The Balaban J connectivity index is 2.15. The Morgan fingerprint density at radius 1 is 1.27 bits per heavy atom. The predicted molar refractivity (Wildman–Crippen MR) is 94.9 cm³/mol. The van der Waals surface area contributed by atoms with E-state index in [1.807, 2.05) is 36.5 Å². The Morgan fingerprint density at radius 2 is 1.88 bits per heavy atom. The maximum atomic E-state index is 12.3. The van der Waals surface area contributed by atoms with Gasteiger partial charge in [-0.15, -0.1) is 0 Å². The standard InChI is InChI=1S/C17H19ClN4O4/c1-9-4-6-12(7-5-9)8-22-14(18)13(10(2)21-22)16(24)26-11(3)15(23)20-17(19)25/h4-7,11H,8H2,1-3H3,(H3,19,20,23,25)/t11-/m0/s1. The second-order valence-electron chi connectivity index (χ2n) is 5.80. The third-order valence-electron chi connectivity index (χ3n) is 3.62. The van der Waals surface area contributed by atoms with Gasteiger partial charge >= 0.3 is 12.0 Å². The van der Waals surface area contributed by atoms with Gasteiger partial charge in [0.15, 0.2) is 6.10 Å². The summed E-state index contributed by atoms with van der Waals surface area (Å²) in [6.45, 7) is 5.29. The molecule has 1 heterocycles. The second-order valence-corrected chi connectivity index (χ2v) is 6.15. The molecule has 0 fully saturated rings. The molecule has 0 unspecified atom stereocenters. The molecule has 138 valence electrons. The highest BCUT2D eigenvalue weighted by molar-refractivity contribution is 6.32. The van der Waals surface area contributed by atoms with E-state index in [4.69, 9.17) is 22.1 Å². The number of carbonyl (C=O) groups excluding carboxylic acids is 3. The van der Waals surface area contributed by atoms with Crippen LogP contribution < -0.4 is 11.1 Å². The van der Waals surface area contributed by atoms with Gasteiger partial charge in [-0.2, -0.15) is 5.10 Å². The number of urea groups is 1. The van der Waals surface area contributed by atoms with E-state index in [0.717, 1.165) is 11.1 Å². The number of aryl methyl sites for hydroxylation is 2. The molecule has 0 spiro atoms. The van der Waals surface area contributed by atoms with Gasteiger partial charge in [0.25, 0.3) is 5.91 Å². The Labute approximate surface area is 155 Å². The second kappa shape index (κ2) is 8.01. The maximum Gasteiger partial charge on any atom is 0.343 e. The molecule has 0 saturated heterocycles. The van der Waals surface area contributed by atoms with E-state index in [2.05, 4.69) is 5.10 Å². The summed E-state index contributed by atoms with van der Waals surface area (Å²) in [4.78, 5) is 34.7. The average Bonchev–Trinajstić information content (AvgIpc) is 2.82. The molecule has 1 atom stereocenters. The number of primary amides is 1. The molecule has 0 aliphatic heterocycles. The fourth-order valence-electron chi connectivity index (χ4n) is 2.25. The van der Waals surface area contributed by atoms with Gasteiger partial charge in [0.2, 0.25) is 0 Å². The third-order valence-corrected chi connectivity index (χ3v) is 4.01. The lowest BCUT2D eigenvalue weighted by molar-refractivity contribution is -0.127. The van der Waals surface area contributed by atoms with Crippen LogP contribution in [0.5, 0.6) is 0 Å². The molecule has 26 heavy (non-hydrogen) atoms. The number of aromatic nitrogens is 2. The highest BCUT2D eigenvalue weighted by Crippen LogP contribution is 2.22. The number of nitrogens with two attached hydrogens (primary N) is 1. The van der Waals surface area contributed by atoms with Crippen molar-refractivity contribution in [1.82, 2.24) is 15.1 Å². The minimum absolute atomic E-state index is 0.0671. The number of nitrogens with zero attached hydrogens (tertiary/aromatic N) is 2. The van der Waals surface area contributed by atoms with Gasteiger partial charge in [-0.1, -0.05) is 41.4 Å². The number of halogens is 1. The lowest BCUT2D eigenvalue weighted by Gasteiger charge is -2.11. The van der Waals surface area contributed by atoms with E-state index in [9.17, 15) is 14.4 Å². The summed E-state index contributed by atoms with van der Waals surface area (Å²) in [7, 11) is 0. The van der Waals surface area contributed by atoms with Crippen molar-refractivity contribution in [3.63, 3.8) is 0 Å². The van der Waals surface area contributed by atoms with Crippen molar-refractivity contribution in [3.8, 4) is 0 Å². The molecule has 0 aliphatic rings. The minimum atomic E-state index is -1.22. The van der Waals surface area contributed by atoms with Crippen molar-refractivity contribution < 1.29 is 19.1 Å². The van der Waals surface area contributed by atoms with Gasteiger partial charge in [-0.3, -0.25) is 10.1 Å². The molecule has 1 aromatic carbocycles. The largest absolute Gasteiger partial charge is 0.449 e. The number of hydrogen-bond donors (Lipinski definition) is 2. The smallest absolute Gasteiger partial charge is 0.343 e. The summed E-state index contributed by atoms with van der Waals surface area (Å²) in [6.07, 6.45) is -1.22. The van der Waals surface area contributed by atoms with Crippen LogP contribution in [0.25, 0.3) is 0 Å². The first-order valence-electron chi connectivity index (χ1n) is 7.78. The molecule has 3 amide bonds. The van der Waals surface area contributed by atoms with Gasteiger partial charge in [0, 0.05) is 0 Å². The molecule has 3 N–H and O–H groups in total. The van der Waals surface area contributed by atoms with Gasteiger partial charge in [0.05, 0.1) is 12.2 Å². The van der Waals surface area contributed by atoms with Crippen molar-refractivity contribution in [2.45, 2.75) is 33.4 Å². The molecule has 0 radical (unpaired) electrons. The third kappa shape index (κ3) is 4.60. The minimum Gasteiger partial charge on any atom is -0.449 e. The summed E-state index contributed by atoms with van der Waals surface area (Å²) in [5.41, 5.74) is 7.39. The van der Waals surface area contributed by atoms with Crippen LogP contribution >= 0.6 is 11.6 Å². The highest BCUT2D eigenvalue weighted by Gasteiger charge is 2.26. The number of benzene rings is 1. The number of amides is 3. The Morgan fingerprint density at radius 3 is 2.46 bits per heavy atom. The number of imide groups is 1. The van der Waals surface area contributed by atoms with Crippen molar-refractivity contribution >= 4 is 29.5 Å². The summed E-state index contributed by atoms with van der Waals surface area (Å²) in [6, 6.07) is 6.79. The molecule has 0 aliphatic carbocycles. The molecular formula is C17H19ClN4O4. The van der Waals surface area contributed by atoms with E-state index >= 15 is 0 Å². The highest BCUT2D eigenvalue weighted by atomic mass is 35.5. The fourth-order valence-corrected chi connectivity index (χ4v) is 2.56. The summed E-state index contributed by atoms with van der Waals surface area (Å²) < 4.78 is 6.52. The molecular weight excluding hydrogens is 360 g/mol. The molecule has 9 heteroatoms. The van der Waals surface area contributed by atoms with E-state index in [1.54, 1.807) is 6.92 Å². The van der Waals surface area contributed by atoms with E-state index in [-0.39, 0.29) is 10.7 Å². The Kier molecular flexibility index (Phi) is 5.99. The number of esters is 1. The molecule has 0 bridgehead atoms. The monoisotopic (exact) mass is 378 g/mol. The van der Waals surface area contributed by atoms with E-state index in [0.29, 0.717) is 12.2 Å². The number of rotatable bonds is 5. The van der Waals surface area contributed by atoms with Crippen LogP contribution in [0.1, 0.15) is 34.1 Å². The van der Waals surface area contributed by atoms with Crippen LogP contribution in [0, 0.1) is 13.8 Å². The zero-order valence-electron chi connectivity index (χ0n) is 14.6. The normalized spacial score (nSPS) is 11.7. The zero-order valence-corrected chi connectivity index (χ0v) is 15.3.